The highest BCUT2D eigenvalue weighted by molar-refractivity contribution is 5.71. The normalized spacial score (nSPS) is 12.8. The summed E-state index contributed by atoms with van der Waals surface area (Å²) in [6, 6.07) is 0. The molecule has 0 N–H and O–H groups in total. The van der Waals surface area contributed by atoms with E-state index in [2.05, 4.69) is 118 Å². The first-order chi connectivity index (χ1) is 34.5. The number of hydrogen-bond acceptors (Lipinski definition) is 6. The van der Waals surface area contributed by atoms with Gasteiger partial charge in [0.1, 0.15) is 13.2 Å². The van der Waals surface area contributed by atoms with Crippen LogP contribution in [0.2, 0.25) is 0 Å². The second kappa shape index (κ2) is 57.9. The van der Waals surface area contributed by atoms with Gasteiger partial charge in [-0.2, -0.15) is 0 Å². The number of ether oxygens (including phenoxy) is 3. The molecule has 0 aromatic rings. The lowest BCUT2D eigenvalue weighted by molar-refractivity contribution is -0.167. The zero-order valence-corrected chi connectivity index (χ0v) is 45.8. The molecule has 0 saturated heterocycles. The van der Waals surface area contributed by atoms with Crippen molar-refractivity contribution >= 4 is 17.9 Å². The van der Waals surface area contributed by atoms with Crippen molar-refractivity contribution in [1.29, 1.82) is 0 Å². The van der Waals surface area contributed by atoms with Gasteiger partial charge in [-0.05, 0) is 122 Å². The molecule has 0 aliphatic heterocycles. The number of rotatable bonds is 52. The van der Waals surface area contributed by atoms with Gasteiger partial charge >= 0.3 is 17.9 Å². The van der Waals surface area contributed by atoms with Gasteiger partial charge in [-0.15, -0.1) is 0 Å². The molecule has 0 rings (SSSR count). The van der Waals surface area contributed by atoms with E-state index in [4.69, 9.17) is 14.2 Å². The molecular weight excluding hydrogens is 865 g/mol. The smallest absolute Gasteiger partial charge is 0.306 e. The van der Waals surface area contributed by atoms with Crippen molar-refractivity contribution in [2.45, 2.75) is 277 Å². The quantitative estimate of drug-likeness (QED) is 0.0262. The van der Waals surface area contributed by atoms with Crippen molar-refractivity contribution in [3.63, 3.8) is 0 Å². The van der Waals surface area contributed by atoms with Crippen LogP contribution in [0.3, 0.4) is 0 Å². The Kier molecular flexibility index (Phi) is 54.9. The molecule has 1 atom stereocenters. The first-order valence-corrected chi connectivity index (χ1v) is 29.2. The summed E-state index contributed by atoms with van der Waals surface area (Å²) in [7, 11) is 0. The second-order valence-corrected chi connectivity index (χ2v) is 19.2. The summed E-state index contributed by atoms with van der Waals surface area (Å²) in [5, 5.41) is 0. The van der Waals surface area contributed by atoms with Crippen LogP contribution in [0.25, 0.3) is 0 Å². The van der Waals surface area contributed by atoms with Crippen LogP contribution in [0, 0.1) is 0 Å². The minimum Gasteiger partial charge on any atom is -0.462 e. The van der Waals surface area contributed by atoms with E-state index in [1.165, 1.54) is 116 Å². The molecule has 0 saturated carbocycles. The minimum atomic E-state index is -0.800. The van der Waals surface area contributed by atoms with Gasteiger partial charge in [0.2, 0.25) is 0 Å². The van der Waals surface area contributed by atoms with Gasteiger partial charge in [0.15, 0.2) is 6.10 Å². The number of esters is 3. The molecule has 0 heterocycles. The van der Waals surface area contributed by atoms with Crippen molar-refractivity contribution in [2.24, 2.45) is 0 Å². The zero-order valence-electron chi connectivity index (χ0n) is 45.8. The van der Waals surface area contributed by atoms with Crippen molar-refractivity contribution < 1.29 is 28.6 Å². The molecule has 0 aromatic heterocycles. The molecule has 0 spiro atoms. The average Bonchev–Trinajstić information content (AvgIpc) is 3.36. The van der Waals surface area contributed by atoms with Crippen molar-refractivity contribution in [2.75, 3.05) is 13.2 Å². The molecule has 0 aliphatic carbocycles. The van der Waals surface area contributed by atoms with E-state index in [0.717, 1.165) is 116 Å². The lowest BCUT2D eigenvalue weighted by Gasteiger charge is -2.18. The summed E-state index contributed by atoms with van der Waals surface area (Å²) in [4.78, 5) is 38.2. The van der Waals surface area contributed by atoms with Gasteiger partial charge in [-0.25, -0.2) is 0 Å². The van der Waals surface area contributed by atoms with Gasteiger partial charge in [0.05, 0.1) is 0 Å². The topological polar surface area (TPSA) is 78.9 Å². The molecule has 6 nitrogen and oxygen atoms in total. The Labute approximate surface area is 432 Å². The predicted molar refractivity (Wildman–Crippen MR) is 302 cm³/mol. The van der Waals surface area contributed by atoms with E-state index in [9.17, 15) is 14.4 Å². The largest absolute Gasteiger partial charge is 0.462 e. The van der Waals surface area contributed by atoms with E-state index < -0.39 is 6.10 Å². The van der Waals surface area contributed by atoms with E-state index in [-0.39, 0.29) is 31.1 Å². The Morgan fingerprint density at radius 2 is 0.557 bits per heavy atom. The van der Waals surface area contributed by atoms with Crippen LogP contribution in [-0.4, -0.2) is 37.2 Å². The summed E-state index contributed by atoms with van der Waals surface area (Å²) in [5.74, 6) is -0.941. The van der Waals surface area contributed by atoms with Crippen LogP contribution in [0.4, 0.5) is 0 Å². The third-order valence-electron chi connectivity index (χ3n) is 12.3. The fraction of sp³-hybridized carbons (Fsp3) is 0.703. The van der Waals surface area contributed by atoms with Crippen molar-refractivity contribution in [1.82, 2.24) is 0 Å². The number of unbranched alkanes of at least 4 members (excludes halogenated alkanes) is 25. The third kappa shape index (κ3) is 55.3. The maximum Gasteiger partial charge on any atom is 0.306 e. The highest BCUT2D eigenvalue weighted by Crippen LogP contribution is 2.14. The molecule has 400 valence electrons. The average molecular weight is 974 g/mol. The fourth-order valence-corrected chi connectivity index (χ4v) is 7.91. The minimum absolute atomic E-state index is 0.0960. The Morgan fingerprint density at radius 3 is 0.914 bits per heavy atom. The van der Waals surface area contributed by atoms with Gasteiger partial charge in [0.25, 0.3) is 0 Å². The first kappa shape index (κ1) is 66.3. The molecule has 0 bridgehead atoms. The molecular formula is C64H108O6. The summed E-state index contributed by atoms with van der Waals surface area (Å²) in [6.07, 6.45) is 76.8. The Morgan fingerprint density at radius 1 is 0.300 bits per heavy atom. The zero-order chi connectivity index (χ0) is 50.7. The summed E-state index contributed by atoms with van der Waals surface area (Å²) >= 11 is 0. The van der Waals surface area contributed by atoms with E-state index in [1.54, 1.807) is 0 Å². The van der Waals surface area contributed by atoms with Crippen LogP contribution >= 0.6 is 0 Å². The second-order valence-electron chi connectivity index (χ2n) is 19.2. The Balaban J connectivity index is 4.48. The van der Waals surface area contributed by atoms with Crippen LogP contribution in [-0.2, 0) is 28.6 Å². The maximum absolute atomic E-state index is 12.9. The highest BCUT2D eigenvalue weighted by Gasteiger charge is 2.19. The van der Waals surface area contributed by atoms with Gasteiger partial charge in [-0.3, -0.25) is 14.4 Å². The van der Waals surface area contributed by atoms with Crippen LogP contribution in [0.15, 0.2) is 97.2 Å². The molecule has 0 fully saturated rings. The van der Waals surface area contributed by atoms with Crippen molar-refractivity contribution in [3.8, 4) is 0 Å². The van der Waals surface area contributed by atoms with Gasteiger partial charge in [0, 0.05) is 19.3 Å². The molecule has 1 unspecified atom stereocenters. The standard InChI is InChI=1S/C64H108O6/c1-4-7-10-13-16-19-22-25-28-30-32-34-36-39-42-45-48-51-54-57-63(66)69-60-61(59-68-62(65)56-53-50-47-44-41-38-35-27-24-21-18-15-12-9-6-3)70-64(67)58-55-52-49-46-43-40-37-33-31-29-26-23-20-17-14-11-8-5-2/h7,10,16,19-20,23,25,27-29,31-32,34-35,39,42,61H,4-6,8-9,11-15,17-18,21-22,24,26,30,33,36-38,40-41,43-60H2,1-3H3/b10-7-,19-16-,23-20-,28-25-,31-29-,34-32-,35-27-,42-39-. The summed E-state index contributed by atoms with van der Waals surface area (Å²) < 4.78 is 16.8. The lowest BCUT2D eigenvalue weighted by Crippen LogP contribution is -2.30. The van der Waals surface area contributed by atoms with Crippen molar-refractivity contribution in [3.05, 3.63) is 97.2 Å². The SMILES string of the molecule is CC/C=C\C/C=C\C/C=C\C/C=C\C/C=C\CCCCCC(=O)OCC(COC(=O)CCCCCCC/C=C\CCCCCCCC)OC(=O)CCCCCCCCC/C=C\C/C=C\CCCCCC. The number of hydrogen-bond donors (Lipinski definition) is 0. The maximum atomic E-state index is 12.9. The number of allylic oxidation sites excluding steroid dienone is 16. The lowest BCUT2D eigenvalue weighted by atomic mass is 10.1. The van der Waals surface area contributed by atoms with Gasteiger partial charge in [-0.1, -0.05) is 227 Å². The van der Waals surface area contributed by atoms with Crippen LogP contribution in [0.5, 0.6) is 0 Å². The summed E-state index contributed by atoms with van der Waals surface area (Å²) in [5.41, 5.74) is 0. The molecule has 0 aromatic carbocycles. The number of carbonyl (C=O) groups excluding carboxylic acids is 3. The van der Waals surface area contributed by atoms with E-state index >= 15 is 0 Å². The van der Waals surface area contributed by atoms with Gasteiger partial charge < -0.3 is 14.2 Å². The van der Waals surface area contributed by atoms with Crippen LogP contribution in [0.1, 0.15) is 271 Å². The molecule has 6 heteroatoms. The predicted octanol–water partition coefficient (Wildman–Crippen LogP) is 19.7. The first-order valence-electron chi connectivity index (χ1n) is 29.2. The number of carbonyl (C=O) groups is 3. The fourth-order valence-electron chi connectivity index (χ4n) is 7.91. The highest BCUT2D eigenvalue weighted by atomic mass is 16.6. The molecule has 0 radical (unpaired) electrons. The Bertz CT molecular complexity index is 1400. The Hall–Kier alpha value is -3.67. The summed E-state index contributed by atoms with van der Waals surface area (Å²) in [6.45, 7) is 6.47. The third-order valence-corrected chi connectivity index (χ3v) is 12.3. The van der Waals surface area contributed by atoms with E-state index in [1.807, 2.05) is 0 Å². The molecule has 0 aliphatic rings. The van der Waals surface area contributed by atoms with Crippen LogP contribution < -0.4 is 0 Å². The molecule has 0 amide bonds. The monoisotopic (exact) mass is 973 g/mol. The van der Waals surface area contributed by atoms with E-state index in [0.29, 0.717) is 19.3 Å². The molecule has 70 heavy (non-hydrogen) atoms.